The van der Waals surface area contributed by atoms with Crippen LogP contribution in [0.2, 0.25) is 0 Å². The molecular weight excluding hydrogens is 359 g/mol. The Kier molecular flexibility index (Phi) is 6.15. The van der Waals surface area contributed by atoms with Crippen LogP contribution in [0.25, 0.3) is 0 Å². The molecule has 0 saturated carbocycles. The number of aliphatic imine (C=N–C) groups is 1. The maximum absolute atomic E-state index is 13.9. The van der Waals surface area contributed by atoms with Gasteiger partial charge in [-0.15, -0.1) is 0 Å². The van der Waals surface area contributed by atoms with Crippen LogP contribution in [0.15, 0.2) is 35.7 Å². The molecule has 3 heterocycles. The summed E-state index contributed by atoms with van der Waals surface area (Å²) in [6.07, 6.45) is 4.90. The number of alkyl halides is 2. The van der Waals surface area contributed by atoms with Crippen LogP contribution in [-0.2, 0) is 6.54 Å². The van der Waals surface area contributed by atoms with Crippen LogP contribution in [-0.4, -0.2) is 46.2 Å². The first-order valence-electron chi connectivity index (χ1n) is 8.78. The summed E-state index contributed by atoms with van der Waals surface area (Å²) in [6.45, 7) is 1.16. The Morgan fingerprint density at radius 1 is 1.37 bits per heavy atom. The van der Waals surface area contributed by atoms with Crippen LogP contribution in [0, 0.1) is 5.82 Å². The van der Waals surface area contributed by atoms with Crippen molar-refractivity contribution >= 4 is 11.8 Å². The van der Waals surface area contributed by atoms with Gasteiger partial charge in [0.1, 0.15) is 12.4 Å². The third-order valence-electron chi connectivity index (χ3n) is 4.25. The van der Waals surface area contributed by atoms with Crippen molar-refractivity contribution in [2.75, 3.05) is 24.5 Å². The van der Waals surface area contributed by atoms with Crippen LogP contribution in [0.3, 0.4) is 0 Å². The van der Waals surface area contributed by atoms with Gasteiger partial charge in [0.15, 0.2) is 17.6 Å². The summed E-state index contributed by atoms with van der Waals surface area (Å²) in [5.41, 5.74) is 0. The minimum Gasteiger partial charge on any atom is -0.357 e. The van der Waals surface area contributed by atoms with Gasteiger partial charge in [-0.2, -0.15) is 8.78 Å². The Hall–Kier alpha value is -2.78. The number of pyridine rings is 1. The predicted molar refractivity (Wildman–Crippen MR) is 96.2 cm³/mol. The zero-order valence-electron chi connectivity index (χ0n) is 14.9. The van der Waals surface area contributed by atoms with E-state index in [-0.39, 0.29) is 24.2 Å². The fraction of sp³-hybridized carbons (Fsp3) is 0.471. The van der Waals surface area contributed by atoms with Gasteiger partial charge in [0.05, 0.1) is 0 Å². The zero-order valence-corrected chi connectivity index (χ0v) is 14.9. The molecule has 7 nitrogen and oxygen atoms in total. The van der Waals surface area contributed by atoms with E-state index in [0.717, 1.165) is 11.0 Å². The molecule has 1 unspecified atom stereocenters. The van der Waals surface area contributed by atoms with E-state index in [1.807, 2.05) is 11.8 Å². The van der Waals surface area contributed by atoms with Crippen molar-refractivity contribution in [3.05, 3.63) is 42.4 Å². The summed E-state index contributed by atoms with van der Waals surface area (Å²) in [5, 5.41) is 6.36. The summed E-state index contributed by atoms with van der Waals surface area (Å²) in [6, 6.07) is 2.99. The van der Waals surface area contributed by atoms with Crippen LogP contribution in [0.1, 0.15) is 25.7 Å². The van der Waals surface area contributed by atoms with Gasteiger partial charge >= 0.3 is 6.55 Å². The molecule has 0 aliphatic carbocycles. The van der Waals surface area contributed by atoms with Gasteiger partial charge in [0.2, 0.25) is 0 Å². The Morgan fingerprint density at radius 2 is 2.22 bits per heavy atom. The first-order valence-corrected chi connectivity index (χ1v) is 8.78. The van der Waals surface area contributed by atoms with Gasteiger partial charge in [-0.1, -0.05) is 0 Å². The molecule has 0 bridgehead atoms. The topological polar surface area (TPSA) is 70.4 Å². The Labute approximate surface area is 155 Å². The molecule has 0 aromatic carbocycles. The Bertz CT molecular complexity index is 777. The standard InChI is InChI=1S/C17H22F3N7/c1-2-21-17(24-10-14-22-7-9-27(14)16(19)20)25-12-5-8-26(11-12)15-13(18)4-3-6-23-15/h3-4,6-7,9,12,16H,2,5,8,10-11H2,1H3,(H2,21,24,25). The maximum atomic E-state index is 13.9. The van der Waals surface area contributed by atoms with Gasteiger partial charge in [-0.25, -0.2) is 19.4 Å². The van der Waals surface area contributed by atoms with Gasteiger partial charge < -0.3 is 15.5 Å². The molecule has 27 heavy (non-hydrogen) atoms. The highest BCUT2D eigenvalue weighted by atomic mass is 19.3. The lowest BCUT2D eigenvalue weighted by molar-refractivity contribution is 0.0671. The van der Waals surface area contributed by atoms with Crippen molar-refractivity contribution in [3.63, 3.8) is 0 Å². The average molecular weight is 381 g/mol. The highest BCUT2D eigenvalue weighted by Gasteiger charge is 2.26. The number of imidazole rings is 1. The van der Waals surface area contributed by atoms with Crippen LogP contribution < -0.4 is 15.5 Å². The molecule has 2 aromatic rings. The second-order valence-corrected chi connectivity index (χ2v) is 6.11. The minimum absolute atomic E-state index is 0.0258. The number of anilines is 1. The van der Waals surface area contributed by atoms with Gasteiger partial charge in [-0.3, -0.25) is 4.57 Å². The molecule has 146 valence electrons. The summed E-state index contributed by atoms with van der Waals surface area (Å²) < 4.78 is 40.5. The number of halogens is 3. The summed E-state index contributed by atoms with van der Waals surface area (Å²) >= 11 is 0. The maximum Gasteiger partial charge on any atom is 0.319 e. The summed E-state index contributed by atoms with van der Waals surface area (Å²) in [5.74, 6) is 0.681. The predicted octanol–water partition coefficient (Wildman–Crippen LogP) is 2.15. The highest BCUT2D eigenvalue weighted by molar-refractivity contribution is 5.80. The molecule has 0 spiro atoms. The van der Waals surface area contributed by atoms with E-state index < -0.39 is 6.55 Å². The molecule has 0 amide bonds. The van der Waals surface area contributed by atoms with E-state index in [1.165, 1.54) is 18.5 Å². The lowest BCUT2D eigenvalue weighted by atomic mass is 10.3. The third-order valence-corrected chi connectivity index (χ3v) is 4.25. The minimum atomic E-state index is -2.65. The Morgan fingerprint density at radius 3 is 2.96 bits per heavy atom. The first-order chi connectivity index (χ1) is 13.1. The molecule has 3 rings (SSSR count). The quantitative estimate of drug-likeness (QED) is 0.593. The molecule has 1 atom stereocenters. The number of guanidine groups is 1. The van der Waals surface area contributed by atoms with E-state index in [0.29, 0.717) is 31.4 Å². The van der Waals surface area contributed by atoms with Gasteiger partial charge in [0, 0.05) is 44.3 Å². The molecule has 1 aliphatic rings. The van der Waals surface area contributed by atoms with Gasteiger partial charge in [-0.05, 0) is 25.5 Å². The Balaban J connectivity index is 1.63. The van der Waals surface area contributed by atoms with Crippen LogP contribution in [0.4, 0.5) is 19.0 Å². The fourth-order valence-electron chi connectivity index (χ4n) is 2.99. The molecule has 10 heteroatoms. The van der Waals surface area contributed by atoms with Crippen molar-refractivity contribution in [1.29, 1.82) is 0 Å². The molecule has 1 fully saturated rings. The molecular formula is C17H22F3N7. The number of aromatic nitrogens is 3. The number of hydrogen-bond acceptors (Lipinski definition) is 4. The van der Waals surface area contributed by atoms with Gasteiger partial charge in [0.25, 0.3) is 0 Å². The molecule has 2 aromatic heterocycles. The number of hydrogen-bond donors (Lipinski definition) is 2. The van der Waals surface area contributed by atoms with E-state index in [2.05, 4.69) is 25.6 Å². The second kappa shape index (κ2) is 8.74. The zero-order chi connectivity index (χ0) is 19.2. The van der Waals surface area contributed by atoms with Crippen molar-refractivity contribution in [2.24, 2.45) is 4.99 Å². The van der Waals surface area contributed by atoms with E-state index in [9.17, 15) is 13.2 Å². The average Bonchev–Trinajstić information content (AvgIpc) is 3.29. The molecule has 1 aliphatic heterocycles. The van der Waals surface area contributed by atoms with E-state index in [1.54, 1.807) is 12.3 Å². The lowest BCUT2D eigenvalue weighted by Gasteiger charge is -2.20. The normalized spacial score (nSPS) is 17.6. The number of nitrogens with one attached hydrogen (secondary N) is 2. The van der Waals surface area contributed by atoms with Crippen molar-refractivity contribution < 1.29 is 13.2 Å². The first kappa shape index (κ1) is 19.0. The number of nitrogens with zero attached hydrogens (tertiary/aromatic N) is 5. The lowest BCUT2D eigenvalue weighted by Crippen LogP contribution is -2.44. The van der Waals surface area contributed by atoms with E-state index in [4.69, 9.17) is 0 Å². The smallest absolute Gasteiger partial charge is 0.319 e. The summed E-state index contributed by atoms with van der Waals surface area (Å²) in [4.78, 5) is 14.2. The van der Waals surface area contributed by atoms with Crippen LogP contribution >= 0.6 is 0 Å². The SMILES string of the molecule is CCNC(=NCc1nccn1C(F)F)NC1CCN(c2ncccc2F)C1. The summed E-state index contributed by atoms with van der Waals surface area (Å²) in [7, 11) is 0. The monoisotopic (exact) mass is 381 g/mol. The molecule has 2 N–H and O–H groups in total. The third kappa shape index (κ3) is 4.69. The second-order valence-electron chi connectivity index (χ2n) is 6.11. The van der Waals surface area contributed by atoms with Crippen molar-refractivity contribution in [3.8, 4) is 0 Å². The number of rotatable bonds is 6. The van der Waals surface area contributed by atoms with Crippen molar-refractivity contribution in [2.45, 2.75) is 32.5 Å². The molecule has 1 saturated heterocycles. The fourth-order valence-corrected chi connectivity index (χ4v) is 2.99. The molecule has 0 radical (unpaired) electrons. The highest BCUT2D eigenvalue weighted by Crippen LogP contribution is 2.20. The van der Waals surface area contributed by atoms with Crippen molar-refractivity contribution in [1.82, 2.24) is 25.2 Å². The largest absolute Gasteiger partial charge is 0.357 e. The van der Waals surface area contributed by atoms with Crippen LogP contribution in [0.5, 0.6) is 0 Å². The van der Waals surface area contributed by atoms with E-state index >= 15 is 0 Å².